The smallest absolute Gasteiger partial charge is 0.303 e. The molecule has 0 aromatic carbocycles. The Morgan fingerprint density at radius 2 is 1.73 bits per heavy atom. The predicted octanol–water partition coefficient (Wildman–Crippen LogP) is 1.02. The van der Waals surface area contributed by atoms with Crippen molar-refractivity contribution in [1.82, 2.24) is 0 Å². The summed E-state index contributed by atoms with van der Waals surface area (Å²) in [5.74, 6) is -1.07. The third-order valence-corrected chi connectivity index (χ3v) is 3.60. The number of carbonyl (C=O) groups is 2. The minimum Gasteiger partial charge on any atom is -0.458 e. The first kappa shape index (κ1) is 18.9. The van der Waals surface area contributed by atoms with E-state index in [1.54, 1.807) is 0 Å². The Kier molecular flexibility index (Phi) is 7.78. The first-order valence-electron chi connectivity index (χ1n) is 7.63. The highest BCUT2D eigenvalue weighted by Crippen LogP contribution is 2.32. The fraction of sp³-hybridized carbons (Fsp3) is 0.867. The van der Waals surface area contributed by atoms with Crippen molar-refractivity contribution >= 4 is 11.9 Å². The highest BCUT2D eigenvalue weighted by molar-refractivity contribution is 5.67. The van der Waals surface area contributed by atoms with Crippen molar-refractivity contribution in [2.75, 3.05) is 13.2 Å². The van der Waals surface area contributed by atoms with Crippen molar-refractivity contribution in [1.29, 1.82) is 0 Å². The summed E-state index contributed by atoms with van der Waals surface area (Å²) in [6.45, 7) is 6.70. The molecule has 0 aromatic rings. The van der Waals surface area contributed by atoms with Crippen LogP contribution in [0.4, 0.5) is 0 Å². The van der Waals surface area contributed by atoms with E-state index in [1.807, 2.05) is 13.8 Å². The van der Waals surface area contributed by atoms with Crippen molar-refractivity contribution in [2.24, 2.45) is 5.92 Å². The van der Waals surface area contributed by atoms with Gasteiger partial charge in [0.05, 0.1) is 12.7 Å². The molecule has 0 saturated carbocycles. The standard InChI is InChI=1S/C15H26O7/c1-5-12-9(2)13(20-10(3)17)14(21-11(4)18)15(22-12)19-8-6-7-16/h9,12-16H,5-8H2,1-4H3/t9-,12-,13+,14-,15-/m1/s1. The molecule has 0 spiro atoms. The highest BCUT2D eigenvalue weighted by Gasteiger charge is 2.47. The number of carbonyl (C=O) groups excluding carboxylic acids is 2. The predicted molar refractivity (Wildman–Crippen MR) is 76.9 cm³/mol. The van der Waals surface area contributed by atoms with E-state index in [2.05, 4.69) is 0 Å². The van der Waals surface area contributed by atoms with E-state index in [9.17, 15) is 9.59 Å². The number of ether oxygens (including phenoxy) is 4. The Hall–Kier alpha value is -1.18. The fourth-order valence-electron chi connectivity index (χ4n) is 2.59. The lowest BCUT2D eigenvalue weighted by atomic mass is 9.89. The summed E-state index contributed by atoms with van der Waals surface area (Å²) >= 11 is 0. The van der Waals surface area contributed by atoms with Crippen LogP contribution in [0.1, 0.15) is 40.5 Å². The quantitative estimate of drug-likeness (QED) is 0.553. The number of rotatable bonds is 7. The molecular formula is C15H26O7. The van der Waals surface area contributed by atoms with Crippen LogP contribution in [0.3, 0.4) is 0 Å². The van der Waals surface area contributed by atoms with Gasteiger partial charge in [0.25, 0.3) is 0 Å². The van der Waals surface area contributed by atoms with E-state index < -0.39 is 30.4 Å². The summed E-state index contributed by atoms with van der Waals surface area (Å²) < 4.78 is 22.1. The summed E-state index contributed by atoms with van der Waals surface area (Å²) in [6, 6.07) is 0. The van der Waals surface area contributed by atoms with Crippen LogP contribution < -0.4 is 0 Å². The van der Waals surface area contributed by atoms with Crippen LogP contribution in [0, 0.1) is 5.92 Å². The van der Waals surface area contributed by atoms with Gasteiger partial charge in [0.15, 0.2) is 12.4 Å². The number of aliphatic hydroxyl groups excluding tert-OH is 1. The molecule has 1 fully saturated rings. The molecule has 0 aromatic heterocycles. The molecule has 1 N–H and O–H groups in total. The molecule has 0 unspecified atom stereocenters. The Labute approximate surface area is 130 Å². The van der Waals surface area contributed by atoms with Gasteiger partial charge in [-0.1, -0.05) is 13.8 Å². The number of esters is 2. The maximum Gasteiger partial charge on any atom is 0.303 e. The molecule has 22 heavy (non-hydrogen) atoms. The zero-order valence-corrected chi connectivity index (χ0v) is 13.6. The Balaban J connectivity index is 2.93. The molecule has 1 saturated heterocycles. The summed E-state index contributed by atoms with van der Waals surface area (Å²) in [6.07, 6.45) is -1.28. The SMILES string of the molecule is CC[C@H]1O[C@@H](OCCCO)[C@H](OC(C)=O)[C@@H](OC(C)=O)[C@@H]1C. The van der Waals surface area contributed by atoms with E-state index in [-0.39, 0.29) is 25.2 Å². The molecule has 1 rings (SSSR count). The molecule has 0 aliphatic carbocycles. The minimum absolute atomic E-state index is 0.00800. The molecule has 5 atom stereocenters. The van der Waals surface area contributed by atoms with Crippen molar-refractivity contribution < 1.29 is 33.6 Å². The van der Waals surface area contributed by atoms with Gasteiger partial charge in [-0.25, -0.2) is 0 Å². The topological polar surface area (TPSA) is 91.3 Å². The first-order chi connectivity index (χ1) is 10.4. The van der Waals surface area contributed by atoms with Gasteiger partial charge in [0.1, 0.15) is 6.10 Å². The lowest BCUT2D eigenvalue weighted by molar-refractivity contribution is -0.290. The van der Waals surface area contributed by atoms with Gasteiger partial charge in [-0.05, 0) is 12.8 Å². The van der Waals surface area contributed by atoms with E-state index in [1.165, 1.54) is 13.8 Å². The summed E-state index contributed by atoms with van der Waals surface area (Å²) in [5, 5.41) is 8.84. The van der Waals surface area contributed by atoms with E-state index in [0.29, 0.717) is 12.8 Å². The maximum absolute atomic E-state index is 11.4. The van der Waals surface area contributed by atoms with E-state index in [0.717, 1.165) is 0 Å². The van der Waals surface area contributed by atoms with Gasteiger partial charge in [-0.2, -0.15) is 0 Å². The number of aliphatic hydroxyl groups is 1. The Morgan fingerprint density at radius 1 is 1.14 bits per heavy atom. The maximum atomic E-state index is 11.4. The van der Waals surface area contributed by atoms with Crippen LogP contribution in [0.2, 0.25) is 0 Å². The van der Waals surface area contributed by atoms with Crippen LogP contribution in [0.5, 0.6) is 0 Å². The van der Waals surface area contributed by atoms with Gasteiger partial charge in [0.2, 0.25) is 0 Å². The van der Waals surface area contributed by atoms with Crippen molar-refractivity contribution in [3.8, 4) is 0 Å². The van der Waals surface area contributed by atoms with E-state index >= 15 is 0 Å². The zero-order valence-electron chi connectivity index (χ0n) is 13.6. The molecule has 128 valence electrons. The third kappa shape index (κ3) is 5.23. The van der Waals surface area contributed by atoms with Gasteiger partial charge in [0, 0.05) is 26.4 Å². The lowest BCUT2D eigenvalue weighted by Gasteiger charge is -2.43. The molecule has 1 aliphatic heterocycles. The number of hydrogen-bond donors (Lipinski definition) is 1. The van der Waals surface area contributed by atoms with Crippen LogP contribution in [-0.4, -0.2) is 54.9 Å². The molecule has 7 nitrogen and oxygen atoms in total. The molecule has 0 bridgehead atoms. The van der Waals surface area contributed by atoms with Crippen LogP contribution in [-0.2, 0) is 28.5 Å². The summed E-state index contributed by atoms with van der Waals surface area (Å²) in [5.41, 5.74) is 0. The van der Waals surface area contributed by atoms with Crippen LogP contribution >= 0.6 is 0 Å². The zero-order chi connectivity index (χ0) is 16.7. The normalized spacial score (nSPS) is 31.6. The Bertz CT molecular complexity index is 371. The van der Waals surface area contributed by atoms with Crippen LogP contribution in [0.25, 0.3) is 0 Å². The van der Waals surface area contributed by atoms with Gasteiger partial charge in [-0.3, -0.25) is 9.59 Å². The minimum atomic E-state index is -0.821. The molecule has 7 heteroatoms. The second-order valence-corrected chi connectivity index (χ2v) is 5.41. The van der Waals surface area contributed by atoms with E-state index in [4.69, 9.17) is 24.1 Å². The summed E-state index contributed by atoms with van der Waals surface area (Å²) in [7, 11) is 0. The van der Waals surface area contributed by atoms with Gasteiger partial charge in [-0.15, -0.1) is 0 Å². The largest absolute Gasteiger partial charge is 0.458 e. The first-order valence-corrected chi connectivity index (χ1v) is 7.63. The van der Waals surface area contributed by atoms with Gasteiger partial charge >= 0.3 is 11.9 Å². The van der Waals surface area contributed by atoms with Crippen molar-refractivity contribution in [2.45, 2.75) is 65.1 Å². The molecule has 0 amide bonds. The second-order valence-electron chi connectivity index (χ2n) is 5.41. The average molecular weight is 318 g/mol. The molecule has 0 radical (unpaired) electrons. The van der Waals surface area contributed by atoms with Crippen molar-refractivity contribution in [3.05, 3.63) is 0 Å². The monoisotopic (exact) mass is 318 g/mol. The molecule has 1 heterocycles. The Morgan fingerprint density at radius 3 is 2.23 bits per heavy atom. The lowest BCUT2D eigenvalue weighted by Crippen LogP contribution is -2.57. The van der Waals surface area contributed by atoms with Gasteiger partial charge < -0.3 is 24.1 Å². The summed E-state index contributed by atoms with van der Waals surface area (Å²) in [4.78, 5) is 22.7. The highest BCUT2D eigenvalue weighted by atomic mass is 16.7. The molecule has 1 aliphatic rings. The number of hydrogen-bond acceptors (Lipinski definition) is 7. The van der Waals surface area contributed by atoms with Crippen LogP contribution in [0.15, 0.2) is 0 Å². The second kappa shape index (κ2) is 9.07. The third-order valence-electron chi connectivity index (χ3n) is 3.60. The van der Waals surface area contributed by atoms with Crippen molar-refractivity contribution in [3.63, 3.8) is 0 Å². The average Bonchev–Trinajstić information content (AvgIpc) is 2.44. The fourth-order valence-corrected chi connectivity index (χ4v) is 2.59. The molecular weight excluding hydrogens is 292 g/mol.